The maximum atomic E-state index is 12.9. The van der Waals surface area contributed by atoms with Crippen LogP contribution in [-0.4, -0.2) is 44.3 Å². The molecular formula is C19H19BrN4O3. The molecule has 1 amide bonds. The summed E-state index contributed by atoms with van der Waals surface area (Å²) in [6.45, 7) is 2.82. The molecule has 0 spiro atoms. The fraction of sp³-hybridized carbons (Fsp3) is 0.316. The van der Waals surface area contributed by atoms with Gasteiger partial charge in [-0.05, 0) is 31.2 Å². The minimum absolute atomic E-state index is 0.0673. The van der Waals surface area contributed by atoms with E-state index < -0.39 is 0 Å². The van der Waals surface area contributed by atoms with E-state index in [0.29, 0.717) is 24.5 Å². The Morgan fingerprint density at radius 2 is 1.96 bits per heavy atom. The second-order valence-corrected chi connectivity index (χ2v) is 7.73. The fourth-order valence-corrected chi connectivity index (χ4v) is 3.60. The predicted molar refractivity (Wildman–Crippen MR) is 105 cm³/mol. The highest BCUT2D eigenvalue weighted by Crippen LogP contribution is 2.25. The monoisotopic (exact) mass is 430 g/mol. The van der Waals surface area contributed by atoms with Crippen molar-refractivity contribution < 1.29 is 9.53 Å². The summed E-state index contributed by atoms with van der Waals surface area (Å²) in [5.41, 5.74) is 2.07. The van der Waals surface area contributed by atoms with Crippen molar-refractivity contribution in [2.75, 3.05) is 13.1 Å². The SMILES string of the molecule is Cc1cc(OC2CN(C(=O)c3c4ccc(Br)cc4nn3C)C2)cc(=O)n1C. The number of aryl methyl sites for hydroxylation is 2. The van der Waals surface area contributed by atoms with E-state index >= 15 is 0 Å². The highest BCUT2D eigenvalue weighted by Gasteiger charge is 2.35. The van der Waals surface area contributed by atoms with Crippen LogP contribution in [0.4, 0.5) is 0 Å². The Kier molecular flexibility index (Phi) is 4.30. The van der Waals surface area contributed by atoms with Gasteiger partial charge in [-0.25, -0.2) is 0 Å². The van der Waals surface area contributed by atoms with Gasteiger partial charge in [-0.1, -0.05) is 15.9 Å². The van der Waals surface area contributed by atoms with Gasteiger partial charge in [0, 0.05) is 35.7 Å². The number of hydrogen-bond donors (Lipinski definition) is 0. The van der Waals surface area contributed by atoms with E-state index in [1.807, 2.05) is 31.2 Å². The van der Waals surface area contributed by atoms with Crippen LogP contribution in [0.5, 0.6) is 5.75 Å². The highest BCUT2D eigenvalue weighted by atomic mass is 79.9. The third-order valence-electron chi connectivity index (χ3n) is 4.91. The first-order valence-electron chi connectivity index (χ1n) is 8.59. The van der Waals surface area contributed by atoms with Crippen LogP contribution < -0.4 is 10.3 Å². The first kappa shape index (κ1) is 17.8. The summed E-state index contributed by atoms with van der Waals surface area (Å²) in [5, 5.41) is 5.25. The van der Waals surface area contributed by atoms with Gasteiger partial charge in [0.2, 0.25) is 0 Å². The van der Waals surface area contributed by atoms with Crippen LogP contribution >= 0.6 is 15.9 Å². The van der Waals surface area contributed by atoms with Crippen molar-refractivity contribution in [3.05, 3.63) is 56.5 Å². The molecule has 8 heteroatoms. The molecule has 0 saturated carbocycles. The summed E-state index contributed by atoms with van der Waals surface area (Å²) < 4.78 is 9.97. The number of pyridine rings is 1. The molecule has 1 aliphatic heterocycles. The number of likely N-dealkylation sites (tertiary alicyclic amines) is 1. The van der Waals surface area contributed by atoms with Gasteiger partial charge >= 0.3 is 0 Å². The van der Waals surface area contributed by atoms with Gasteiger partial charge in [-0.15, -0.1) is 0 Å². The molecule has 27 heavy (non-hydrogen) atoms. The Morgan fingerprint density at radius 3 is 2.67 bits per heavy atom. The quantitative estimate of drug-likeness (QED) is 0.638. The topological polar surface area (TPSA) is 69.4 Å². The highest BCUT2D eigenvalue weighted by molar-refractivity contribution is 9.10. The van der Waals surface area contributed by atoms with E-state index in [1.165, 1.54) is 6.07 Å². The number of benzene rings is 1. The van der Waals surface area contributed by atoms with E-state index in [0.717, 1.165) is 21.1 Å². The molecule has 140 valence electrons. The van der Waals surface area contributed by atoms with Gasteiger partial charge in [0.15, 0.2) is 0 Å². The molecule has 1 fully saturated rings. The first-order chi connectivity index (χ1) is 12.8. The van der Waals surface area contributed by atoms with Crippen LogP contribution in [0.2, 0.25) is 0 Å². The molecule has 0 bridgehead atoms. The van der Waals surface area contributed by atoms with Gasteiger partial charge in [0.05, 0.1) is 18.6 Å². The van der Waals surface area contributed by atoms with E-state index in [2.05, 4.69) is 21.0 Å². The standard InChI is InChI=1S/C19H19BrN4O3/c1-11-6-13(8-17(25)22(11)2)27-14-9-24(10-14)19(26)18-15-5-4-12(20)7-16(15)21-23(18)3/h4-8,14H,9-10H2,1-3H3. The second-order valence-electron chi connectivity index (χ2n) is 6.81. The molecule has 1 aromatic carbocycles. The molecule has 2 aromatic heterocycles. The number of rotatable bonds is 3. The summed E-state index contributed by atoms with van der Waals surface area (Å²) in [4.78, 5) is 26.5. The maximum Gasteiger partial charge on any atom is 0.273 e. The summed E-state index contributed by atoms with van der Waals surface area (Å²) in [6, 6.07) is 9.01. The minimum atomic E-state index is -0.117. The van der Waals surface area contributed by atoms with Gasteiger partial charge in [-0.2, -0.15) is 5.10 Å². The molecule has 0 N–H and O–H groups in total. The number of nitrogens with zero attached hydrogens (tertiary/aromatic N) is 4. The van der Waals surface area contributed by atoms with E-state index in [9.17, 15) is 9.59 Å². The summed E-state index contributed by atoms with van der Waals surface area (Å²) >= 11 is 3.43. The molecule has 0 radical (unpaired) electrons. The number of amides is 1. The Labute approximate surface area is 164 Å². The van der Waals surface area contributed by atoms with Crippen LogP contribution in [0, 0.1) is 6.92 Å². The van der Waals surface area contributed by atoms with Crippen molar-refractivity contribution in [2.45, 2.75) is 13.0 Å². The smallest absolute Gasteiger partial charge is 0.273 e. The lowest BCUT2D eigenvalue weighted by atomic mass is 10.1. The molecule has 0 atom stereocenters. The van der Waals surface area contributed by atoms with Crippen molar-refractivity contribution >= 4 is 32.7 Å². The van der Waals surface area contributed by atoms with Gasteiger partial charge < -0.3 is 14.2 Å². The zero-order chi connectivity index (χ0) is 19.3. The van der Waals surface area contributed by atoms with Crippen molar-refractivity contribution in [3.8, 4) is 5.75 Å². The third kappa shape index (κ3) is 3.14. The van der Waals surface area contributed by atoms with Crippen molar-refractivity contribution in [2.24, 2.45) is 14.1 Å². The van der Waals surface area contributed by atoms with Gasteiger partial charge in [-0.3, -0.25) is 14.3 Å². The molecule has 1 saturated heterocycles. The van der Waals surface area contributed by atoms with E-state index in [4.69, 9.17) is 4.74 Å². The largest absolute Gasteiger partial charge is 0.486 e. The summed E-state index contributed by atoms with van der Waals surface area (Å²) in [5.74, 6) is 0.478. The Balaban J connectivity index is 1.48. The fourth-order valence-electron chi connectivity index (χ4n) is 3.25. The number of ether oxygens (including phenoxy) is 1. The van der Waals surface area contributed by atoms with E-state index in [-0.39, 0.29) is 17.6 Å². The molecule has 3 aromatic rings. The number of fused-ring (bicyclic) bond motifs is 1. The zero-order valence-electron chi connectivity index (χ0n) is 15.3. The lowest BCUT2D eigenvalue weighted by Crippen LogP contribution is -2.56. The summed E-state index contributed by atoms with van der Waals surface area (Å²) in [7, 11) is 3.50. The number of carbonyl (C=O) groups excluding carboxylic acids is 1. The molecule has 0 aliphatic carbocycles. The van der Waals surface area contributed by atoms with Crippen LogP contribution in [0.3, 0.4) is 0 Å². The average molecular weight is 431 g/mol. The van der Waals surface area contributed by atoms with Crippen LogP contribution in [0.15, 0.2) is 39.6 Å². The number of carbonyl (C=O) groups is 1. The third-order valence-corrected chi connectivity index (χ3v) is 5.41. The van der Waals surface area contributed by atoms with Crippen molar-refractivity contribution in [1.82, 2.24) is 19.2 Å². The van der Waals surface area contributed by atoms with Crippen molar-refractivity contribution in [1.29, 1.82) is 0 Å². The van der Waals surface area contributed by atoms with Crippen molar-refractivity contribution in [3.63, 3.8) is 0 Å². The van der Waals surface area contributed by atoms with Crippen LogP contribution in [-0.2, 0) is 14.1 Å². The molecule has 1 aliphatic rings. The zero-order valence-corrected chi connectivity index (χ0v) is 16.9. The first-order valence-corrected chi connectivity index (χ1v) is 9.38. The minimum Gasteiger partial charge on any atom is -0.486 e. The van der Waals surface area contributed by atoms with Crippen LogP contribution in [0.25, 0.3) is 10.9 Å². The number of halogens is 1. The van der Waals surface area contributed by atoms with Crippen LogP contribution in [0.1, 0.15) is 16.2 Å². The Morgan fingerprint density at radius 1 is 1.22 bits per heavy atom. The molecular weight excluding hydrogens is 412 g/mol. The van der Waals surface area contributed by atoms with Gasteiger partial charge in [0.25, 0.3) is 11.5 Å². The Hall–Kier alpha value is -2.61. The maximum absolute atomic E-state index is 12.9. The predicted octanol–water partition coefficient (Wildman–Crippen LogP) is 2.25. The average Bonchev–Trinajstić information content (AvgIpc) is 2.89. The van der Waals surface area contributed by atoms with Gasteiger partial charge in [0.1, 0.15) is 17.5 Å². The molecule has 4 rings (SSSR count). The lowest BCUT2D eigenvalue weighted by molar-refractivity contribution is 0.0170. The summed E-state index contributed by atoms with van der Waals surface area (Å²) in [6.07, 6.45) is -0.117. The number of aromatic nitrogens is 3. The molecule has 3 heterocycles. The van der Waals surface area contributed by atoms with E-state index in [1.54, 1.807) is 28.2 Å². The normalized spacial score (nSPS) is 14.4. The molecule has 7 nitrogen and oxygen atoms in total. The second kappa shape index (κ2) is 6.53. The Bertz CT molecular complexity index is 1110. The molecule has 0 unspecified atom stereocenters. The lowest BCUT2D eigenvalue weighted by Gasteiger charge is -2.38. The number of hydrogen-bond acceptors (Lipinski definition) is 4.